The van der Waals surface area contributed by atoms with Gasteiger partial charge in [0.15, 0.2) is 65.9 Å². The van der Waals surface area contributed by atoms with Crippen LogP contribution in [0, 0.1) is 62.6 Å². The van der Waals surface area contributed by atoms with Crippen molar-refractivity contribution >= 4 is 101 Å². The number of carbonyl (C=O) groups excluding carboxylic acids is 16. The summed E-state index contributed by atoms with van der Waals surface area (Å²) in [6.07, 6.45) is -10.2. The number of aromatic hydroxyl groups is 3. The third-order valence-corrected chi connectivity index (χ3v) is 21.7. The van der Waals surface area contributed by atoms with E-state index in [9.17, 15) is 118 Å². The second-order valence-corrected chi connectivity index (χ2v) is 41.1. The molecule has 3 aromatic rings. The van der Waals surface area contributed by atoms with Crippen molar-refractivity contribution in [2.45, 2.75) is 336 Å². The first kappa shape index (κ1) is 120. The predicted molar refractivity (Wildman–Crippen MR) is 491 cm³/mol. The molecular formula is C94H143N11O36. The average molecular weight is 2000 g/mol. The van der Waals surface area contributed by atoms with E-state index in [1.807, 2.05) is 13.8 Å². The van der Waals surface area contributed by atoms with Crippen LogP contribution >= 0.6 is 0 Å². The maximum Gasteiger partial charge on any atom is 0.311 e. The Balaban J connectivity index is 0.000000334. The van der Waals surface area contributed by atoms with E-state index in [0.29, 0.717) is 12.8 Å². The zero-order chi connectivity index (χ0) is 107. The van der Waals surface area contributed by atoms with Gasteiger partial charge in [0.2, 0.25) is 41.3 Å². The lowest BCUT2D eigenvalue weighted by molar-refractivity contribution is -0.179. The second kappa shape index (κ2) is 51.3. The maximum atomic E-state index is 13.0. The normalized spacial score (nSPS) is 23.3. The van der Waals surface area contributed by atoms with E-state index < -0.39 is 296 Å². The number of ether oxygens (including phenoxy) is 12. The molecule has 5 aliphatic rings. The lowest BCUT2D eigenvalue weighted by Crippen LogP contribution is -2.44. The van der Waals surface area contributed by atoms with E-state index in [1.54, 1.807) is 173 Å². The molecule has 0 aliphatic carbocycles. The van der Waals surface area contributed by atoms with Crippen molar-refractivity contribution in [3.05, 3.63) is 47.5 Å². The van der Waals surface area contributed by atoms with Crippen LogP contribution in [0.2, 0.25) is 0 Å². The number of hydrogen-bond donors (Lipinski definition) is 12. The number of imidazole rings is 3. The summed E-state index contributed by atoms with van der Waals surface area (Å²) in [6.45, 7) is 43.5. The van der Waals surface area contributed by atoms with E-state index >= 15 is 0 Å². The van der Waals surface area contributed by atoms with Gasteiger partial charge >= 0.3 is 47.8 Å². The van der Waals surface area contributed by atoms with Crippen molar-refractivity contribution in [2.24, 2.45) is 67.6 Å². The van der Waals surface area contributed by atoms with Gasteiger partial charge in [-0.1, -0.05) is 130 Å². The van der Waals surface area contributed by atoms with Crippen molar-refractivity contribution in [3.8, 4) is 17.6 Å². The first-order valence-corrected chi connectivity index (χ1v) is 46.6. The summed E-state index contributed by atoms with van der Waals surface area (Å²) >= 11 is 0. The van der Waals surface area contributed by atoms with E-state index in [0.717, 1.165) is 58.4 Å². The Morgan fingerprint density at radius 2 is 0.730 bits per heavy atom. The first-order valence-electron chi connectivity index (χ1n) is 46.6. The number of nitrogens with zero attached hydrogens (tertiary/aromatic N) is 7. The molecule has 4 fully saturated rings. The van der Waals surface area contributed by atoms with Gasteiger partial charge in [-0.25, -0.2) is 15.0 Å². The number of aliphatic hydroxyl groups excluding tert-OH is 5. The number of aliphatic imine (C=N–C) groups is 1. The van der Waals surface area contributed by atoms with Crippen LogP contribution in [-0.2, 0) is 119 Å². The number of imide groups is 4. The Kier molecular flexibility index (Phi) is 43.5. The minimum atomic E-state index is -1.49. The average Bonchev–Trinajstić information content (AvgIpc) is 1.61. The molecule has 47 heteroatoms. The summed E-state index contributed by atoms with van der Waals surface area (Å²) in [5, 5.41) is 92.3. The number of hydrogen-bond acceptors (Lipinski definition) is 40. The topological polar surface area (TPSA) is 660 Å². The number of carbonyl (C=O) groups is 16. The number of aliphatic hydroxyl groups is 5. The number of amides is 8. The van der Waals surface area contributed by atoms with Crippen LogP contribution < -0.4 is 21.3 Å². The van der Waals surface area contributed by atoms with Gasteiger partial charge in [-0.3, -0.25) is 117 Å². The smallest absolute Gasteiger partial charge is 0.311 e. The highest BCUT2D eigenvalue weighted by Crippen LogP contribution is 2.43. The molecule has 12 N–H and O–H groups in total. The van der Waals surface area contributed by atoms with E-state index in [2.05, 4.69) is 41.2 Å². The minimum Gasteiger partial charge on any atom is -0.509 e. The molecule has 3 unspecified atom stereocenters. The largest absolute Gasteiger partial charge is 0.509 e. The van der Waals surface area contributed by atoms with E-state index in [4.69, 9.17) is 56.8 Å². The van der Waals surface area contributed by atoms with Crippen molar-refractivity contribution < 1.29 is 174 Å². The van der Waals surface area contributed by atoms with Gasteiger partial charge in [-0.05, 0) is 95.9 Å². The van der Waals surface area contributed by atoms with E-state index in [-0.39, 0.29) is 45.0 Å². The molecule has 4 saturated heterocycles. The third-order valence-electron chi connectivity index (χ3n) is 21.7. The van der Waals surface area contributed by atoms with Crippen molar-refractivity contribution in [3.63, 3.8) is 0 Å². The molecule has 0 bridgehead atoms. The van der Waals surface area contributed by atoms with Crippen LogP contribution in [0.1, 0.15) is 288 Å². The van der Waals surface area contributed by atoms with Crippen LogP contribution in [0.25, 0.3) is 0 Å². The van der Waals surface area contributed by atoms with Gasteiger partial charge < -0.3 is 97.7 Å². The first-order chi connectivity index (χ1) is 65.1. The predicted octanol–water partition coefficient (Wildman–Crippen LogP) is 6.03. The lowest BCUT2D eigenvalue weighted by Gasteiger charge is -2.29. The summed E-state index contributed by atoms with van der Waals surface area (Å²) < 4.78 is 70.1. The molecule has 0 spiro atoms. The van der Waals surface area contributed by atoms with Gasteiger partial charge in [-0.15, -0.1) is 0 Å². The standard InChI is InChI=1S/C28H43N3O10.C25H37N3O10.C22H34N2O8.C19H29N3O8/c1-14(2)19(32)30-20(33)16-21(34)31(13-29-16)22-18(41-25(37)28(9,10)11)17(40-24(36)27(6,7)8)15(39-22)12-38-23(35)26(3,4)5;1-11(2)19(29)27-20(30)16-21(31)28(10-26-16)22-18(38-25(34)14(7)8)17(37-24(33)13(5)6)15(36-22)9-35-23(32)12(3)4;1-3-5-7-9-15(25)24-22(30)17-18(27)13(11-23-17)21-20(29)19(28)14(32-21)12-31-16(26)10-8-6-4-2;1-18(2,3)16(27)21-13(25)10-14(26)22(8-20-10)15-12(24)11(23)9(30-15)7-29-17(28)19(4,5)6/h13-15,17-18,22,34H,12H2,1-11H3,(H,30,32,33);10-15,17-18,22,31H,9H2,1-8H3,(H,27,29,30);11,13-14,19-21,27-29H,3-10,12H2,1-2H3,(H,24,25,30);8-9,11-12,15,23-24,26H,7H2,1-6H3,(H,21,25,27)/t2*15-,17-,18-,22-;13?,14-,19?,20-,21+;9-,11?,12-,15-/m1111/s1. The highest BCUT2D eigenvalue weighted by Gasteiger charge is 2.57. The highest BCUT2D eigenvalue weighted by molar-refractivity contribution is 6.08. The quantitative estimate of drug-likeness (QED) is 0.0188. The van der Waals surface area contributed by atoms with Crippen LogP contribution in [0.5, 0.6) is 17.6 Å². The Bertz CT molecular complexity index is 4970. The molecule has 8 rings (SSSR count). The van der Waals surface area contributed by atoms with E-state index in [1.165, 1.54) is 6.21 Å². The van der Waals surface area contributed by atoms with Crippen molar-refractivity contribution in [1.82, 2.24) is 49.9 Å². The fourth-order valence-electron chi connectivity index (χ4n) is 12.7. The molecule has 141 heavy (non-hydrogen) atoms. The number of aromatic nitrogens is 6. The SMILES string of the molecule is CC(C)(C)C(=O)NC(=O)c1ncn([C@@H]2O[C@H](COC(=O)C(C)(C)C)C(O)[C@H]2O)c1O.CC(C)C(=O)NC(=O)c1ncn([C@@H]2O[C@H](COC(=O)C(C)(C)C)[C@@H](OC(=O)C(C)(C)C)[C@H]2OC(=O)C(C)(C)C)c1O.CC(C)C(=O)NC(=O)c1ncn([C@@H]2O[C@H](COC(=O)C(C)C)[C@@H](OC(=O)C(C)C)[C@H]2OC(=O)C(C)C)c1O.CCCCCC(=O)NC(=O)C1=C(O)C([C@@H]2O[C@H](COC(=O)CCCCC)C(O)[C@H]2O)C=N1. The molecule has 790 valence electrons. The Hall–Kier alpha value is -11.8. The van der Waals surface area contributed by atoms with Crippen LogP contribution in [-0.4, -0.2) is 277 Å². The lowest BCUT2D eigenvalue weighted by atomic mass is 9.95. The summed E-state index contributed by atoms with van der Waals surface area (Å²) in [5.74, 6) is -16.4. The summed E-state index contributed by atoms with van der Waals surface area (Å²) in [5.41, 5.74) is -6.08. The summed E-state index contributed by atoms with van der Waals surface area (Å²) in [6, 6.07) is 0. The number of esters is 8. The summed E-state index contributed by atoms with van der Waals surface area (Å²) in [7, 11) is 0. The number of nitrogens with one attached hydrogen (secondary N) is 4. The zero-order valence-electron chi connectivity index (χ0n) is 85.1. The van der Waals surface area contributed by atoms with Crippen LogP contribution in [0.15, 0.2) is 35.4 Å². The molecule has 17 atom stereocenters. The molecule has 3 aromatic heterocycles. The molecular weight excluding hydrogens is 1860 g/mol. The molecule has 47 nitrogen and oxygen atoms in total. The fourth-order valence-corrected chi connectivity index (χ4v) is 12.7. The maximum absolute atomic E-state index is 13.0. The zero-order valence-corrected chi connectivity index (χ0v) is 85.1. The number of rotatable bonds is 33. The summed E-state index contributed by atoms with van der Waals surface area (Å²) in [4.78, 5) is 212. The van der Waals surface area contributed by atoms with Gasteiger partial charge in [-0.2, -0.15) is 0 Å². The molecule has 5 aliphatic heterocycles. The molecule has 8 heterocycles. The second-order valence-electron chi connectivity index (χ2n) is 41.1. The third kappa shape index (κ3) is 33.2. The van der Waals surface area contributed by atoms with Crippen LogP contribution in [0.4, 0.5) is 0 Å². The Morgan fingerprint density at radius 1 is 0.376 bits per heavy atom. The van der Waals surface area contributed by atoms with Crippen LogP contribution in [0.3, 0.4) is 0 Å². The van der Waals surface area contributed by atoms with Crippen molar-refractivity contribution in [1.29, 1.82) is 0 Å². The fraction of sp³-hybridized carbons (Fsp3) is 0.702. The number of unbranched alkanes of at least 4 members (excludes halogenated alkanes) is 4. The molecule has 0 saturated carbocycles. The van der Waals surface area contributed by atoms with Gasteiger partial charge in [0, 0.05) is 36.3 Å². The Labute approximate surface area is 817 Å². The van der Waals surface area contributed by atoms with Crippen molar-refractivity contribution in [2.75, 3.05) is 26.4 Å². The van der Waals surface area contributed by atoms with Gasteiger partial charge in [0.1, 0.15) is 106 Å². The minimum absolute atomic E-state index is 0.191. The van der Waals surface area contributed by atoms with Gasteiger partial charge in [0.25, 0.3) is 23.6 Å². The molecule has 8 amide bonds. The monoisotopic (exact) mass is 2000 g/mol. The highest BCUT2D eigenvalue weighted by atomic mass is 16.7. The Morgan fingerprint density at radius 3 is 1.14 bits per heavy atom. The molecule has 0 aromatic carbocycles. The van der Waals surface area contributed by atoms with Gasteiger partial charge in [0.05, 0.1) is 45.3 Å². The molecule has 0 radical (unpaired) electrons.